The summed E-state index contributed by atoms with van der Waals surface area (Å²) in [6.45, 7) is 10.1. The summed E-state index contributed by atoms with van der Waals surface area (Å²) in [7, 11) is 1.71. The Labute approximate surface area is 254 Å². The van der Waals surface area contributed by atoms with Crippen LogP contribution < -0.4 is 19.9 Å². The van der Waals surface area contributed by atoms with E-state index in [2.05, 4.69) is 53.2 Å². The first-order valence-electron chi connectivity index (χ1n) is 16.0. The highest BCUT2D eigenvalue weighted by Gasteiger charge is 2.27. The first kappa shape index (κ1) is 30.0. The van der Waals surface area contributed by atoms with Gasteiger partial charge in [0, 0.05) is 50.4 Å². The first-order chi connectivity index (χ1) is 21.0. The Balaban J connectivity index is 1.29. The highest BCUT2D eigenvalue weighted by molar-refractivity contribution is 5.90. The van der Waals surface area contributed by atoms with Crippen LogP contribution in [0, 0.1) is 5.92 Å². The molecule has 1 aliphatic carbocycles. The minimum Gasteiger partial charge on any atom is -0.496 e. The Kier molecular flexibility index (Phi) is 9.57. The van der Waals surface area contributed by atoms with Gasteiger partial charge in [0.1, 0.15) is 11.6 Å². The van der Waals surface area contributed by atoms with E-state index in [0.29, 0.717) is 37.3 Å². The van der Waals surface area contributed by atoms with Crippen molar-refractivity contribution in [1.82, 2.24) is 20.3 Å². The summed E-state index contributed by atoms with van der Waals surface area (Å²) in [4.78, 5) is 19.7. The van der Waals surface area contributed by atoms with Gasteiger partial charge in [0.2, 0.25) is 5.95 Å². The van der Waals surface area contributed by atoms with E-state index in [1.165, 1.54) is 12.8 Å². The maximum Gasteiger partial charge on any atom is 0.229 e. The highest BCUT2D eigenvalue weighted by Crippen LogP contribution is 2.32. The van der Waals surface area contributed by atoms with Crippen LogP contribution in [-0.4, -0.2) is 91.4 Å². The second-order valence-electron chi connectivity index (χ2n) is 12.3. The normalized spacial score (nSPS) is 25.1. The molecule has 1 aromatic carbocycles. The minimum absolute atomic E-state index is 0.103. The Morgan fingerprint density at radius 2 is 1.74 bits per heavy atom. The van der Waals surface area contributed by atoms with Crippen molar-refractivity contribution < 1.29 is 19.3 Å². The number of hydrogen-bond acceptors (Lipinski definition) is 10. The van der Waals surface area contributed by atoms with Gasteiger partial charge in [-0.25, -0.2) is 4.98 Å². The van der Waals surface area contributed by atoms with Crippen molar-refractivity contribution in [1.29, 1.82) is 0 Å². The van der Waals surface area contributed by atoms with E-state index in [4.69, 9.17) is 29.2 Å². The fourth-order valence-electron chi connectivity index (χ4n) is 6.71. The summed E-state index contributed by atoms with van der Waals surface area (Å²) in [5.41, 5.74) is 3.62. The lowest BCUT2D eigenvalue weighted by molar-refractivity contribution is -0.00570. The average Bonchev–Trinajstić information content (AvgIpc) is 3.23. The molecular formula is C33H46N6O4. The molecule has 10 nitrogen and oxygen atoms in total. The molecule has 43 heavy (non-hydrogen) atoms. The van der Waals surface area contributed by atoms with Gasteiger partial charge in [-0.15, -0.1) is 0 Å². The Bertz CT molecular complexity index is 1370. The molecule has 10 heteroatoms. The molecule has 6 rings (SSSR count). The number of aromatic nitrogens is 3. The fourth-order valence-corrected chi connectivity index (χ4v) is 6.71. The van der Waals surface area contributed by atoms with E-state index < -0.39 is 0 Å². The zero-order valence-electron chi connectivity index (χ0n) is 25.8. The van der Waals surface area contributed by atoms with Gasteiger partial charge in [0.25, 0.3) is 0 Å². The number of nitrogens with zero attached hydrogens (tertiary/aromatic N) is 5. The van der Waals surface area contributed by atoms with Gasteiger partial charge in [0.15, 0.2) is 5.65 Å². The van der Waals surface area contributed by atoms with E-state index in [9.17, 15) is 5.11 Å². The second kappa shape index (κ2) is 13.7. The van der Waals surface area contributed by atoms with Crippen LogP contribution in [0.25, 0.3) is 22.3 Å². The number of hydrogen-bond donors (Lipinski definition) is 2. The number of benzene rings is 1. The molecule has 2 aliphatic heterocycles. The zero-order valence-corrected chi connectivity index (χ0v) is 25.8. The Morgan fingerprint density at radius 1 is 0.953 bits per heavy atom. The van der Waals surface area contributed by atoms with Gasteiger partial charge < -0.3 is 34.4 Å². The quantitative estimate of drug-likeness (QED) is 0.371. The summed E-state index contributed by atoms with van der Waals surface area (Å²) >= 11 is 0. The maximum atomic E-state index is 10.6. The molecule has 4 atom stereocenters. The summed E-state index contributed by atoms with van der Waals surface area (Å²) < 4.78 is 17.3. The molecule has 2 aromatic heterocycles. The van der Waals surface area contributed by atoms with Crippen molar-refractivity contribution in [2.45, 2.75) is 70.8 Å². The van der Waals surface area contributed by atoms with Crippen molar-refractivity contribution >= 4 is 22.8 Å². The zero-order chi connectivity index (χ0) is 29.8. The molecule has 0 spiro atoms. The van der Waals surface area contributed by atoms with Crippen molar-refractivity contribution in [2.75, 3.05) is 62.8 Å². The summed E-state index contributed by atoms with van der Waals surface area (Å²) in [6.07, 6.45) is 5.50. The number of aliphatic hydroxyl groups excluding tert-OH is 1. The molecule has 0 bridgehead atoms. The lowest BCUT2D eigenvalue weighted by atomic mass is 9.97. The lowest BCUT2D eigenvalue weighted by Crippen LogP contribution is -2.46. The Hall–Kier alpha value is -3.05. The predicted molar refractivity (Wildman–Crippen MR) is 169 cm³/mol. The number of nitrogens with one attached hydrogen (secondary N) is 1. The topological polar surface area (TPSA) is 105 Å². The largest absolute Gasteiger partial charge is 0.496 e. The van der Waals surface area contributed by atoms with Gasteiger partial charge in [-0.1, -0.05) is 19.3 Å². The molecule has 0 amide bonds. The van der Waals surface area contributed by atoms with Crippen LogP contribution in [0.15, 0.2) is 30.3 Å². The number of aliphatic hydroxyl groups is 1. The second-order valence-corrected chi connectivity index (χ2v) is 12.3. The van der Waals surface area contributed by atoms with Crippen molar-refractivity contribution in [3.05, 3.63) is 35.9 Å². The van der Waals surface area contributed by atoms with E-state index in [0.717, 1.165) is 85.8 Å². The molecule has 0 radical (unpaired) electrons. The number of rotatable bonds is 8. The van der Waals surface area contributed by atoms with Gasteiger partial charge in [-0.2, -0.15) is 9.97 Å². The smallest absolute Gasteiger partial charge is 0.229 e. The van der Waals surface area contributed by atoms with Gasteiger partial charge in [0.05, 0.1) is 49.7 Å². The van der Waals surface area contributed by atoms with Crippen LogP contribution in [0.5, 0.6) is 5.75 Å². The van der Waals surface area contributed by atoms with Crippen LogP contribution in [-0.2, 0) is 16.0 Å². The first-order valence-corrected chi connectivity index (χ1v) is 16.0. The monoisotopic (exact) mass is 590 g/mol. The molecule has 2 N–H and O–H groups in total. The predicted octanol–water partition coefficient (Wildman–Crippen LogP) is 4.18. The van der Waals surface area contributed by atoms with Crippen LogP contribution in [0.4, 0.5) is 11.8 Å². The van der Waals surface area contributed by atoms with E-state index in [-0.39, 0.29) is 18.3 Å². The standard InChI is InChI=1S/C33H46N6O4/c1-22-20-39(21-23(2)43-22)33-36-31-27(32(37-33)38-13-15-42-16-14-38)10-11-28(35-31)24-9-12-30(41-3)26(17-24)19-34-18-25-7-5-4-6-8-29(25)40/h9-12,17,22-23,25,29,34,40H,4-8,13-16,18-21H2,1-3H3. The van der Waals surface area contributed by atoms with Crippen LogP contribution >= 0.6 is 0 Å². The molecule has 4 heterocycles. The van der Waals surface area contributed by atoms with Gasteiger partial charge in [-0.3, -0.25) is 0 Å². The van der Waals surface area contributed by atoms with Crippen LogP contribution in [0.3, 0.4) is 0 Å². The summed E-state index contributed by atoms with van der Waals surface area (Å²) in [5, 5.41) is 15.1. The highest BCUT2D eigenvalue weighted by atomic mass is 16.5. The van der Waals surface area contributed by atoms with Gasteiger partial charge in [-0.05, 0) is 62.9 Å². The lowest BCUT2D eigenvalue weighted by Gasteiger charge is -2.36. The van der Waals surface area contributed by atoms with E-state index in [1.807, 2.05) is 6.07 Å². The molecule has 3 fully saturated rings. The Morgan fingerprint density at radius 3 is 2.53 bits per heavy atom. The molecule has 3 aliphatic rings. The van der Waals surface area contributed by atoms with Crippen molar-refractivity contribution in [3.63, 3.8) is 0 Å². The number of ether oxygens (including phenoxy) is 3. The number of morpholine rings is 2. The van der Waals surface area contributed by atoms with Crippen LogP contribution in [0.1, 0.15) is 51.5 Å². The summed E-state index contributed by atoms with van der Waals surface area (Å²) in [6, 6.07) is 10.4. The van der Waals surface area contributed by atoms with E-state index in [1.54, 1.807) is 7.11 Å². The number of fused-ring (bicyclic) bond motifs is 1. The molecule has 4 unspecified atom stereocenters. The van der Waals surface area contributed by atoms with Gasteiger partial charge >= 0.3 is 0 Å². The fraction of sp³-hybridized carbons (Fsp3) is 0.606. The number of methoxy groups -OCH3 is 1. The van der Waals surface area contributed by atoms with E-state index >= 15 is 0 Å². The van der Waals surface area contributed by atoms with Crippen molar-refractivity contribution in [3.8, 4) is 17.0 Å². The number of anilines is 2. The third-order valence-electron chi connectivity index (χ3n) is 8.96. The SMILES string of the molecule is COc1ccc(-c2ccc3c(N4CCOCC4)nc(N4CC(C)OC(C)C4)nc3n2)cc1CNCC1CCCCCC1O. The number of pyridine rings is 1. The maximum absolute atomic E-state index is 10.6. The molecule has 1 saturated carbocycles. The van der Waals surface area contributed by atoms with Crippen molar-refractivity contribution in [2.24, 2.45) is 5.92 Å². The molecular weight excluding hydrogens is 544 g/mol. The third-order valence-corrected chi connectivity index (χ3v) is 8.96. The molecule has 232 valence electrons. The molecule has 2 saturated heterocycles. The minimum atomic E-state index is -0.219. The molecule has 3 aromatic rings. The third kappa shape index (κ3) is 7.03. The summed E-state index contributed by atoms with van der Waals surface area (Å²) in [5.74, 6) is 2.74. The average molecular weight is 591 g/mol. The van der Waals surface area contributed by atoms with Crippen LogP contribution in [0.2, 0.25) is 0 Å².